The Hall–Kier alpha value is -2.58. The van der Waals surface area contributed by atoms with E-state index in [1.807, 2.05) is 0 Å². The van der Waals surface area contributed by atoms with Gasteiger partial charge in [-0.25, -0.2) is 9.37 Å². The summed E-state index contributed by atoms with van der Waals surface area (Å²) in [4.78, 5) is 29.3. The number of thiophene rings is 1. The van der Waals surface area contributed by atoms with Crippen molar-refractivity contribution in [2.45, 2.75) is 6.42 Å². The average Bonchev–Trinajstić information content (AvgIpc) is 3.27. The van der Waals surface area contributed by atoms with Gasteiger partial charge in [0.05, 0.1) is 11.4 Å². The number of carbonyl (C=O) groups excluding carboxylic acids is 2. The summed E-state index contributed by atoms with van der Waals surface area (Å²) < 4.78 is 12.9. The number of anilines is 1. The van der Waals surface area contributed by atoms with E-state index in [-0.39, 0.29) is 24.2 Å². The Kier molecular flexibility index (Phi) is 5.52. The molecular formula is C17H14FN3O2S2. The van der Waals surface area contributed by atoms with Gasteiger partial charge in [-0.05, 0) is 29.1 Å². The molecule has 0 aliphatic heterocycles. The highest BCUT2D eigenvalue weighted by Crippen LogP contribution is 2.21. The average molecular weight is 375 g/mol. The zero-order chi connectivity index (χ0) is 17.6. The molecule has 1 aromatic carbocycles. The summed E-state index contributed by atoms with van der Waals surface area (Å²) in [5.41, 5.74) is 0.964. The van der Waals surface area contributed by atoms with Gasteiger partial charge in [0, 0.05) is 17.5 Å². The first kappa shape index (κ1) is 17.2. The lowest BCUT2D eigenvalue weighted by molar-refractivity contribution is -0.115. The van der Waals surface area contributed by atoms with Gasteiger partial charge in [-0.15, -0.1) is 22.7 Å². The second kappa shape index (κ2) is 8.00. The van der Waals surface area contributed by atoms with Crippen molar-refractivity contribution < 1.29 is 14.0 Å². The van der Waals surface area contributed by atoms with Gasteiger partial charge in [0.2, 0.25) is 5.91 Å². The topological polar surface area (TPSA) is 71.1 Å². The van der Waals surface area contributed by atoms with Gasteiger partial charge >= 0.3 is 0 Å². The third-order valence-corrected chi connectivity index (χ3v) is 5.03. The maximum atomic E-state index is 12.9. The summed E-state index contributed by atoms with van der Waals surface area (Å²) in [7, 11) is 0. The molecule has 0 spiro atoms. The maximum absolute atomic E-state index is 12.9. The summed E-state index contributed by atoms with van der Waals surface area (Å²) in [6.45, 7) is -0.121. The molecule has 0 aliphatic rings. The van der Waals surface area contributed by atoms with Crippen molar-refractivity contribution >= 4 is 39.6 Å². The van der Waals surface area contributed by atoms with Crippen LogP contribution in [0.15, 0.2) is 48.0 Å². The molecule has 0 aliphatic carbocycles. The van der Waals surface area contributed by atoms with Crippen LogP contribution < -0.4 is 10.6 Å². The van der Waals surface area contributed by atoms with Crippen LogP contribution in [0.2, 0.25) is 0 Å². The van der Waals surface area contributed by atoms with E-state index in [4.69, 9.17) is 0 Å². The molecule has 0 bridgehead atoms. The molecule has 3 rings (SSSR count). The van der Waals surface area contributed by atoms with Crippen molar-refractivity contribution in [3.05, 3.63) is 69.1 Å². The van der Waals surface area contributed by atoms with Gasteiger partial charge in [-0.3, -0.25) is 9.59 Å². The van der Waals surface area contributed by atoms with E-state index < -0.39 is 0 Å². The molecule has 2 N–H and O–H groups in total. The van der Waals surface area contributed by atoms with Gasteiger partial charge in [0.15, 0.2) is 5.13 Å². The van der Waals surface area contributed by atoms with Crippen LogP contribution in [0.25, 0.3) is 0 Å². The number of hydrogen-bond acceptors (Lipinski definition) is 5. The van der Waals surface area contributed by atoms with Crippen LogP contribution in [0.5, 0.6) is 0 Å². The van der Waals surface area contributed by atoms with Gasteiger partial charge in [0.1, 0.15) is 5.82 Å². The van der Waals surface area contributed by atoms with Gasteiger partial charge in [-0.1, -0.05) is 18.2 Å². The van der Waals surface area contributed by atoms with Gasteiger partial charge in [-0.2, -0.15) is 0 Å². The number of amides is 2. The summed E-state index contributed by atoms with van der Waals surface area (Å²) in [6, 6.07) is 9.73. The number of hydrogen-bond donors (Lipinski definition) is 2. The highest BCUT2D eigenvalue weighted by atomic mass is 32.1. The number of rotatable bonds is 6. The minimum Gasteiger partial charge on any atom is -0.342 e. The Labute approximate surface area is 151 Å². The normalized spacial score (nSPS) is 10.4. The monoisotopic (exact) mass is 375 g/mol. The minimum absolute atomic E-state index is 0.121. The van der Waals surface area contributed by atoms with E-state index in [0.717, 1.165) is 10.4 Å². The lowest BCUT2D eigenvalue weighted by Gasteiger charge is -2.03. The standard InChI is InChI=1S/C17H14FN3O2S2/c18-12-5-3-11(4-6-12)8-13-9-20-17(25-13)21-15(22)10-19-16(23)14-2-1-7-24-14/h1-7,9H,8,10H2,(H,19,23)(H,20,21,22). The van der Waals surface area contributed by atoms with Gasteiger partial charge < -0.3 is 10.6 Å². The highest BCUT2D eigenvalue weighted by Gasteiger charge is 2.11. The third-order valence-electron chi connectivity index (χ3n) is 3.25. The van der Waals surface area contributed by atoms with E-state index >= 15 is 0 Å². The van der Waals surface area contributed by atoms with E-state index in [0.29, 0.717) is 16.4 Å². The van der Waals surface area contributed by atoms with Gasteiger partial charge in [0.25, 0.3) is 5.91 Å². The van der Waals surface area contributed by atoms with Crippen molar-refractivity contribution in [2.24, 2.45) is 0 Å². The molecule has 2 heterocycles. The molecule has 128 valence electrons. The first-order valence-corrected chi connectivity index (χ1v) is 9.10. The van der Waals surface area contributed by atoms with Crippen molar-refractivity contribution in [2.75, 3.05) is 11.9 Å². The maximum Gasteiger partial charge on any atom is 0.261 e. The van der Waals surface area contributed by atoms with Crippen molar-refractivity contribution in [1.82, 2.24) is 10.3 Å². The van der Waals surface area contributed by atoms with Crippen LogP contribution in [0.1, 0.15) is 20.1 Å². The SMILES string of the molecule is O=C(CNC(=O)c1cccs1)Nc1ncc(Cc2ccc(F)cc2)s1. The lowest BCUT2D eigenvalue weighted by atomic mass is 10.1. The Morgan fingerprint density at radius 1 is 1.16 bits per heavy atom. The molecule has 0 atom stereocenters. The van der Waals surface area contributed by atoms with Crippen LogP contribution >= 0.6 is 22.7 Å². The van der Waals surface area contributed by atoms with Crippen molar-refractivity contribution in [1.29, 1.82) is 0 Å². The molecule has 2 amide bonds. The largest absolute Gasteiger partial charge is 0.342 e. The molecule has 5 nitrogen and oxygen atoms in total. The van der Waals surface area contributed by atoms with Crippen LogP contribution in [0, 0.1) is 5.82 Å². The first-order chi connectivity index (χ1) is 12.1. The Morgan fingerprint density at radius 2 is 1.96 bits per heavy atom. The number of carbonyl (C=O) groups is 2. The smallest absolute Gasteiger partial charge is 0.261 e. The second-order valence-corrected chi connectivity index (χ2v) is 7.21. The Morgan fingerprint density at radius 3 is 2.68 bits per heavy atom. The fourth-order valence-electron chi connectivity index (χ4n) is 2.07. The molecular weight excluding hydrogens is 361 g/mol. The minimum atomic E-state index is -0.340. The Balaban J connectivity index is 1.49. The molecule has 8 heteroatoms. The van der Waals surface area contributed by atoms with E-state index in [2.05, 4.69) is 15.6 Å². The first-order valence-electron chi connectivity index (χ1n) is 7.41. The Bertz CT molecular complexity index is 860. The fourth-order valence-corrected chi connectivity index (χ4v) is 3.57. The van der Waals surface area contributed by atoms with Crippen LogP contribution in [0.4, 0.5) is 9.52 Å². The number of benzene rings is 1. The summed E-state index contributed by atoms with van der Waals surface area (Å²) in [5.74, 6) is -0.889. The zero-order valence-electron chi connectivity index (χ0n) is 13.0. The predicted molar refractivity (Wildman–Crippen MR) is 96.6 cm³/mol. The molecule has 0 fully saturated rings. The summed E-state index contributed by atoms with van der Waals surface area (Å²) in [6.07, 6.45) is 2.29. The van der Waals surface area contributed by atoms with Crippen molar-refractivity contribution in [3.8, 4) is 0 Å². The number of thiazole rings is 1. The van der Waals surface area contributed by atoms with E-state index in [9.17, 15) is 14.0 Å². The van der Waals surface area contributed by atoms with Crippen LogP contribution in [-0.4, -0.2) is 23.3 Å². The second-order valence-electron chi connectivity index (χ2n) is 5.14. The van der Waals surface area contributed by atoms with E-state index in [1.165, 1.54) is 34.8 Å². The molecule has 0 unspecified atom stereocenters. The quantitative estimate of drug-likeness (QED) is 0.694. The van der Waals surface area contributed by atoms with E-state index in [1.54, 1.807) is 35.8 Å². The van der Waals surface area contributed by atoms with Crippen LogP contribution in [-0.2, 0) is 11.2 Å². The molecule has 2 aromatic heterocycles. The molecule has 0 radical (unpaired) electrons. The highest BCUT2D eigenvalue weighted by molar-refractivity contribution is 7.15. The zero-order valence-corrected chi connectivity index (χ0v) is 14.6. The van der Waals surface area contributed by atoms with Crippen LogP contribution in [0.3, 0.4) is 0 Å². The predicted octanol–water partition coefficient (Wildman–Crippen LogP) is 3.30. The molecule has 3 aromatic rings. The number of nitrogens with zero attached hydrogens (tertiary/aromatic N) is 1. The third kappa shape index (κ3) is 4.94. The summed E-state index contributed by atoms with van der Waals surface area (Å²) >= 11 is 2.66. The summed E-state index contributed by atoms with van der Waals surface area (Å²) in [5, 5.41) is 7.48. The number of aromatic nitrogens is 1. The molecule has 0 saturated heterocycles. The number of nitrogens with one attached hydrogen (secondary N) is 2. The fraction of sp³-hybridized carbons (Fsp3) is 0.118. The lowest BCUT2D eigenvalue weighted by Crippen LogP contribution is -2.32. The molecule has 25 heavy (non-hydrogen) atoms. The van der Waals surface area contributed by atoms with Crippen molar-refractivity contribution in [3.63, 3.8) is 0 Å². The molecule has 0 saturated carbocycles. The number of halogens is 1.